The van der Waals surface area contributed by atoms with Crippen LogP contribution < -0.4 is 5.32 Å². The number of aliphatic carboxylic acids is 1. The molecule has 5 nitrogen and oxygen atoms in total. The van der Waals surface area contributed by atoms with Crippen LogP contribution in [-0.2, 0) is 4.79 Å². The van der Waals surface area contributed by atoms with Crippen LogP contribution >= 0.6 is 0 Å². The third kappa shape index (κ3) is 5.12. The van der Waals surface area contributed by atoms with Gasteiger partial charge in [-0.25, -0.2) is 4.98 Å². The lowest BCUT2D eigenvalue weighted by molar-refractivity contribution is -0.138. The van der Waals surface area contributed by atoms with Gasteiger partial charge in [0, 0.05) is 25.4 Å². The Hall–Kier alpha value is -1.65. The van der Waals surface area contributed by atoms with E-state index in [9.17, 15) is 4.79 Å². The molecular formula is C13H21N3O2. The van der Waals surface area contributed by atoms with Crippen molar-refractivity contribution < 1.29 is 9.90 Å². The summed E-state index contributed by atoms with van der Waals surface area (Å²) in [5, 5.41) is 12.1. The summed E-state index contributed by atoms with van der Waals surface area (Å²) in [7, 11) is 0. The maximum absolute atomic E-state index is 10.8. The Bertz CT molecular complexity index is 394. The van der Waals surface area contributed by atoms with Gasteiger partial charge in [0.1, 0.15) is 5.82 Å². The first-order valence-corrected chi connectivity index (χ1v) is 6.22. The number of carboxylic acid groups (broad SMARTS) is 1. The first-order chi connectivity index (χ1) is 8.49. The van der Waals surface area contributed by atoms with Gasteiger partial charge in [-0.2, -0.15) is 0 Å². The molecule has 1 unspecified atom stereocenters. The fraction of sp³-hybridized carbons (Fsp3) is 0.615. The minimum atomic E-state index is -0.752. The summed E-state index contributed by atoms with van der Waals surface area (Å²) in [6, 6.07) is 0. The van der Waals surface area contributed by atoms with Gasteiger partial charge in [0.2, 0.25) is 0 Å². The molecule has 0 fully saturated rings. The van der Waals surface area contributed by atoms with E-state index in [4.69, 9.17) is 5.11 Å². The topological polar surface area (TPSA) is 75.1 Å². The number of carbonyl (C=O) groups is 1. The predicted octanol–water partition coefficient (Wildman–Crippen LogP) is 2.33. The Morgan fingerprint density at radius 2 is 2.06 bits per heavy atom. The highest BCUT2D eigenvalue weighted by Gasteiger charge is 2.15. The third-order valence-corrected chi connectivity index (χ3v) is 2.71. The van der Waals surface area contributed by atoms with Gasteiger partial charge in [0.05, 0.1) is 5.69 Å². The molecule has 0 bridgehead atoms. The molecule has 1 heterocycles. The molecule has 0 aliphatic rings. The molecule has 5 heteroatoms. The fourth-order valence-corrected chi connectivity index (χ4v) is 1.97. The van der Waals surface area contributed by atoms with Crippen LogP contribution in [0.2, 0.25) is 0 Å². The van der Waals surface area contributed by atoms with E-state index in [1.54, 1.807) is 12.4 Å². The number of nitrogens with zero attached hydrogens (tertiary/aromatic N) is 2. The molecule has 0 aromatic carbocycles. The van der Waals surface area contributed by atoms with E-state index in [0.717, 1.165) is 17.9 Å². The van der Waals surface area contributed by atoms with E-state index in [2.05, 4.69) is 29.1 Å². The molecule has 1 aromatic heterocycles. The van der Waals surface area contributed by atoms with Crippen molar-refractivity contribution in [3.63, 3.8) is 0 Å². The second-order valence-electron chi connectivity index (χ2n) is 4.96. The third-order valence-electron chi connectivity index (χ3n) is 2.71. The molecule has 0 spiro atoms. The zero-order valence-corrected chi connectivity index (χ0v) is 11.2. The first kappa shape index (κ1) is 14.4. The molecule has 0 amide bonds. The van der Waals surface area contributed by atoms with Crippen LogP contribution in [0.25, 0.3) is 0 Å². The quantitative estimate of drug-likeness (QED) is 0.778. The molecule has 1 aromatic rings. The van der Waals surface area contributed by atoms with Gasteiger partial charge in [-0.3, -0.25) is 9.78 Å². The lowest BCUT2D eigenvalue weighted by atomic mass is 9.94. The number of rotatable bonds is 7. The minimum absolute atomic E-state index is 0.115. The number of anilines is 1. The smallest absolute Gasteiger partial charge is 0.303 e. The van der Waals surface area contributed by atoms with E-state index < -0.39 is 5.97 Å². The highest BCUT2D eigenvalue weighted by molar-refractivity contribution is 5.67. The molecule has 0 aliphatic heterocycles. The number of hydrogen-bond donors (Lipinski definition) is 2. The fourth-order valence-electron chi connectivity index (χ4n) is 1.97. The maximum atomic E-state index is 10.8. The van der Waals surface area contributed by atoms with Crippen LogP contribution in [0.5, 0.6) is 0 Å². The van der Waals surface area contributed by atoms with Crippen LogP contribution in [-0.4, -0.2) is 27.6 Å². The zero-order valence-electron chi connectivity index (χ0n) is 11.2. The molecule has 0 aliphatic carbocycles. The average molecular weight is 251 g/mol. The van der Waals surface area contributed by atoms with Gasteiger partial charge in [-0.05, 0) is 25.2 Å². The highest BCUT2D eigenvalue weighted by atomic mass is 16.4. The molecule has 0 saturated carbocycles. The van der Waals surface area contributed by atoms with Crippen molar-refractivity contribution in [1.29, 1.82) is 0 Å². The molecule has 1 rings (SSSR count). The van der Waals surface area contributed by atoms with Gasteiger partial charge < -0.3 is 10.4 Å². The van der Waals surface area contributed by atoms with Crippen LogP contribution in [0.3, 0.4) is 0 Å². The van der Waals surface area contributed by atoms with Crippen molar-refractivity contribution in [2.75, 3.05) is 11.9 Å². The number of aromatic nitrogens is 2. The second kappa shape index (κ2) is 6.93. The SMILES string of the molecule is Cc1nccnc1NCC(CC(=O)O)CC(C)C. The normalized spacial score (nSPS) is 12.4. The number of hydrogen-bond acceptors (Lipinski definition) is 4. The Balaban J connectivity index is 2.56. The number of aryl methyl sites for hydroxylation is 1. The Kier molecular flexibility index (Phi) is 5.55. The molecular weight excluding hydrogens is 230 g/mol. The zero-order chi connectivity index (χ0) is 13.5. The van der Waals surface area contributed by atoms with Gasteiger partial charge in [0.25, 0.3) is 0 Å². The predicted molar refractivity (Wildman–Crippen MR) is 70.5 cm³/mol. The van der Waals surface area contributed by atoms with E-state index in [1.165, 1.54) is 0 Å². The molecule has 0 saturated heterocycles. The number of nitrogens with one attached hydrogen (secondary N) is 1. The van der Waals surface area contributed by atoms with Gasteiger partial charge in [0.15, 0.2) is 0 Å². The summed E-state index contributed by atoms with van der Waals surface area (Å²) < 4.78 is 0. The van der Waals surface area contributed by atoms with Gasteiger partial charge in [-0.15, -0.1) is 0 Å². The standard InChI is InChI=1S/C13H21N3O2/c1-9(2)6-11(7-12(17)18)8-16-13-10(3)14-4-5-15-13/h4-5,9,11H,6-8H2,1-3H3,(H,15,16)(H,17,18). The first-order valence-electron chi connectivity index (χ1n) is 6.22. The van der Waals surface area contributed by atoms with Crippen LogP contribution in [0, 0.1) is 18.8 Å². The van der Waals surface area contributed by atoms with E-state index in [-0.39, 0.29) is 12.3 Å². The van der Waals surface area contributed by atoms with E-state index in [1.807, 2.05) is 6.92 Å². The van der Waals surface area contributed by atoms with Crippen LogP contribution in [0.1, 0.15) is 32.4 Å². The van der Waals surface area contributed by atoms with Crippen LogP contribution in [0.15, 0.2) is 12.4 Å². The Labute approximate surface area is 108 Å². The molecule has 100 valence electrons. The maximum Gasteiger partial charge on any atom is 0.303 e. The summed E-state index contributed by atoms with van der Waals surface area (Å²) in [6.45, 7) is 6.69. The van der Waals surface area contributed by atoms with Crippen LogP contribution in [0.4, 0.5) is 5.82 Å². The second-order valence-corrected chi connectivity index (χ2v) is 4.96. The summed E-state index contributed by atoms with van der Waals surface area (Å²) in [5.74, 6) is 0.581. The van der Waals surface area contributed by atoms with E-state index >= 15 is 0 Å². The molecule has 2 N–H and O–H groups in total. The van der Waals surface area contributed by atoms with E-state index in [0.29, 0.717) is 12.5 Å². The molecule has 0 radical (unpaired) electrons. The van der Waals surface area contributed by atoms with Gasteiger partial charge in [-0.1, -0.05) is 13.8 Å². The minimum Gasteiger partial charge on any atom is -0.481 e. The summed E-state index contributed by atoms with van der Waals surface area (Å²) in [5.41, 5.74) is 0.830. The van der Waals surface area contributed by atoms with Crippen molar-refractivity contribution in [2.24, 2.45) is 11.8 Å². The highest BCUT2D eigenvalue weighted by Crippen LogP contribution is 2.17. The Morgan fingerprint density at radius 3 is 2.61 bits per heavy atom. The summed E-state index contributed by atoms with van der Waals surface area (Å²) in [4.78, 5) is 19.1. The monoisotopic (exact) mass is 251 g/mol. The van der Waals surface area contributed by atoms with Crippen molar-refractivity contribution >= 4 is 11.8 Å². The molecule has 18 heavy (non-hydrogen) atoms. The van der Waals surface area contributed by atoms with Crippen molar-refractivity contribution in [1.82, 2.24) is 9.97 Å². The number of carboxylic acids is 1. The van der Waals surface area contributed by atoms with Crippen molar-refractivity contribution in [3.05, 3.63) is 18.1 Å². The average Bonchev–Trinajstić information content (AvgIpc) is 2.26. The van der Waals surface area contributed by atoms with Crippen molar-refractivity contribution in [2.45, 2.75) is 33.6 Å². The summed E-state index contributed by atoms with van der Waals surface area (Å²) in [6.07, 6.45) is 4.34. The summed E-state index contributed by atoms with van der Waals surface area (Å²) >= 11 is 0. The largest absolute Gasteiger partial charge is 0.481 e. The lowest BCUT2D eigenvalue weighted by Crippen LogP contribution is -2.20. The van der Waals surface area contributed by atoms with Crippen molar-refractivity contribution in [3.8, 4) is 0 Å². The lowest BCUT2D eigenvalue weighted by Gasteiger charge is -2.18. The molecule has 1 atom stereocenters. The Morgan fingerprint density at radius 1 is 1.39 bits per heavy atom. The van der Waals surface area contributed by atoms with Gasteiger partial charge >= 0.3 is 5.97 Å².